The third-order valence-corrected chi connectivity index (χ3v) is 6.41. The summed E-state index contributed by atoms with van der Waals surface area (Å²) in [6.07, 6.45) is 1.98. The molecule has 1 saturated heterocycles. The minimum atomic E-state index is -0.130. The summed E-state index contributed by atoms with van der Waals surface area (Å²) in [4.78, 5) is 4.26. The van der Waals surface area contributed by atoms with Crippen LogP contribution in [-0.2, 0) is 0 Å². The fourth-order valence-electron chi connectivity index (χ4n) is 4.37. The predicted molar refractivity (Wildman–Crippen MR) is 117 cm³/mol. The molecule has 0 bridgehead atoms. The number of anilines is 1. The molecule has 2 aromatic rings. The molecule has 0 spiro atoms. The van der Waals surface area contributed by atoms with Crippen LogP contribution in [0.3, 0.4) is 0 Å². The highest BCUT2D eigenvalue weighted by Crippen LogP contribution is 2.33. The summed E-state index contributed by atoms with van der Waals surface area (Å²) in [5.74, 6) is 1.33. The van der Waals surface area contributed by atoms with E-state index in [0.717, 1.165) is 47.9 Å². The van der Waals surface area contributed by atoms with E-state index in [1.54, 1.807) is 0 Å². The molecule has 145 valence electrons. The fourth-order valence-corrected chi connectivity index (χ4v) is 4.68. The van der Waals surface area contributed by atoms with Crippen LogP contribution in [0.5, 0.6) is 0 Å². The second-order valence-corrected chi connectivity index (χ2v) is 8.50. The Kier molecular flexibility index (Phi) is 4.93. The maximum absolute atomic E-state index is 9.87. The molecule has 2 N–H and O–H groups in total. The molecular formula is C21H19BCl2N5. The van der Waals surface area contributed by atoms with Crippen LogP contribution in [0.25, 0.3) is 0 Å². The molecule has 2 aromatic carbocycles. The standard InChI is InChI=1S/C21H19BCl2N5/c23-15-3-1-13(2-4-15)14-7-9-28(10-8-14)21-17(12-25)20-26-19-6-5-16(24)11-18(19)22-29(20)27-21/h1-6,11,14,21,26-27H,7-10H2. The van der Waals surface area contributed by atoms with Gasteiger partial charge in [-0.3, -0.25) is 4.90 Å². The van der Waals surface area contributed by atoms with Gasteiger partial charge in [0, 0.05) is 28.8 Å². The topological polar surface area (TPSA) is 54.3 Å². The minimum Gasteiger partial charge on any atom is -0.341 e. The van der Waals surface area contributed by atoms with Crippen molar-refractivity contribution in [2.45, 2.75) is 24.9 Å². The third kappa shape index (κ3) is 3.49. The van der Waals surface area contributed by atoms with Crippen molar-refractivity contribution in [3.8, 4) is 6.07 Å². The molecule has 3 aliphatic heterocycles. The first-order valence-electron chi connectivity index (χ1n) is 9.73. The molecule has 0 saturated carbocycles. The molecule has 1 unspecified atom stereocenters. The van der Waals surface area contributed by atoms with Gasteiger partial charge in [-0.2, -0.15) is 5.26 Å². The zero-order valence-corrected chi connectivity index (χ0v) is 17.2. The Balaban J connectivity index is 1.31. The van der Waals surface area contributed by atoms with Crippen LogP contribution in [0.2, 0.25) is 10.0 Å². The van der Waals surface area contributed by atoms with E-state index in [1.807, 2.05) is 42.7 Å². The van der Waals surface area contributed by atoms with Crippen molar-refractivity contribution < 1.29 is 0 Å². The van der Waals surface area contributed by atoms with Gasteiger partial charge >= 0.3 is 7.41 Å². The predicted octanol–water partition coefficient (Wildman–Crippen LogP) is 3.42. The lowest BCUT2D eigenvalue weighted by Gasteiger charge is -2.37. The van der Waals surface area contributed by atoms with Crippen molar-refractivity contribution in [3.63, 3.8) is 0 Å². The number of rotatable bonds is 2. The lowest BCUT2D eigenvalue weighted by Crippen LogP contribution is -2.54. The fraction of sp³-hybridized carbons (Fsp3) is 0.286. The Labute approximate surface area is 181 Å². The number of nitrogens with one attached hydrogen (secondary N) is 2. The molecule has 3 heterocycles. The SMILES string of the molecule is N#CC1=C2Nc3ccc(Cl)cc3[B]N2NC1N1CCC(c2ccc(Cl)cc2)CC1. The minimum absolute atomic E-state index is 0.130. The average Bonchev–Trinajstić information content (AvgIpc) is 3.10. The van der Waals surface area contributed by atoms with E-state index in [2.05, 4.69) is 33.8 Å². The molecule has 1 fully saturated rings. The monoisotopic (exact) mass is 422 g/mol. The van der Waals surface area contributed by atoms with Crippen molar-refractivity contribution in [1.82, 2.24) is 15.2 Å². The molecule has 0 aromatic heterocycles. The van der Waals surface area contributed by atoms with E-state index < -0.39 is 0 Å². The van der Waals surface area contributed by atoms with Crippen LogP contribution in [0, 0.1) is 11.3 Å². The van der Waals surface area contributed by atoms with E-state index in [9.17, 15) is 5.26 Å². The number of likely N-dealkylation sites (tertiary alicyclic amines) is 1. The third-order valence-electron chi connectivity index (χ3n) is 5.92. The smallest absolute Gasteiger partial charge is 0.311 e. The second kappa shape index (κ2) is 7.58. The highest BCUT2D eigenvalue weighted by atomic mass is 35.5. The normalized spacial score (nSPS) is 21.8. The van der Waals surface area contributed by atoms with Crippen LogP contribution < -0.4 is 16.2 Å². The summed E-state index contributed by atoms with van der Waals surface area (Å²) in [5, 5.41) is 14.7. The van der Waals surface area contributed by atoms with Crippen LogP contribution >= 0.6 is 23.2 Å². The number of halogens is 2. The van der Waals surface area contributed by atoms with Crippen molar-refractivity contribution in [3.05, 3.63) is 69.5 Å². The highest BCUT2D eigenvalue weighted by Gasteiger charge is 2.39. The first kappa shape index (κ1) is 18.8. The molecule has 0 amide bonds. The average molecular weight is 423 g/mol. The number of hydrogen-bond donors (Lipinski definition) is 2. The summed E-state index contributed by atoms with van der Waals surface area (Å²) in [5.41, 5.74) is 7.47. The lowest BCUT2D eigenvalue weighted by molar-refractivity contribution is 0.135. The van der Waals surface area contributed by atoms with Gasteiger partial charge in [-0.25, -0.2) is 5.43 Å². The number of nitrogens with zero attached hydrogens (tertiary/aromatic N) is 3. The number of fused-ring (bicyclic) bond motifs is 2. The quantitative estimate of drug-likeness (QED) is 0.726. The van der Waals surface area contributed by atoms with Gasteiger partial charge < -0.3 is 10.2 Å². The van der Waals surface area contributed by atoms with Gasteiger partial charge in [0.05, 0.1) is 0 Å². The molecule has 5 nitrogen and oxygen atoms in total. The van der Waals surface area contributed by atoms with Crippen molar-refractivity contribution >= 4 is 41.8 Å². The second-order valence-electron chi connectivity index (χ2n) is 7.62. The van der Waals surface area contributed by atoms with Gasteiger partial charge in [-0.05, 0) is 60.1 Å². The first-order chi connectivity index (χ1) is 14.1. The van der Waals surface area contributed by atoms with Crippen LogP contribution in [0.1, 0.15) is 24.3 Å². The van der Waals surface area contributed by atoms with Crippen LogP contribution in [0.15, 0.2) is 53.9 Å². The highest BCUT2D eigenvalue weighted by molar-refractivity contribution is 6.55. The summed E-state index contributed by atoms with van der Waals surface area (Å²) >= 11 is 12.2. The summed E-state index contributed by atoms with van der Waals surface area (Å²) in [6.45, 7) is 1.85. The Morgan fingerprint density at radius 1 is 1.03 bits per heavy atom. The van der Waals surface area contributed by atoms with Crippen LogP contribution in [-0.4, -0.2) is 36.5 Å². The van der Waals surface area contributed by atoms with E-state index in [1.165, 1.54) is 5.56 Å². The lowest BCUT2D eigenvalue weighted by atomic mass is 9.79. The largest absolute Gasteiger partial charge is 0.341 e. The van der Waals surface area contributed by atoms with E-state index in [0.29, 0.717) is 16.5 Å². The van der Waals surface area contributed by atoms with Crippen LogP contribution in [0.4, 0.5) is 5.69 Å². The summed E-state index contributed by atoms with van der Waals surface area (Å²) in [6, 6.07) is 16.3. The van der Waals surface area contributed by atoms with E-state index in [-0.39, 0.29) is 6.17 Å². The maximum Gasteiger partial charge on any atom is 0.311 e. The van der Waals surface area contributed by atoms with Crippen molar-refractivity contribution in [1.29, 1.82) is 5.26 Å². The first-order valence-corrected chi connectivity index (χ1v) is 10.5. The van der Waals surface area contributed by atoms with Crippen molar-refractivity contribution in [2.75, 3.05) is 18.4 Å². The number of benzene rings is 2. The Bertz CT molecular complexity index is 1010. The molecule has 8 heteroatoms. The number of piperidine rings is 1. The Morgan fingerprint density at radius 2 is 1.76 bits per heavy atom. The van der Waals surface area contributed by atoms with E-state index >= 15 is 0 Å². The van der Waals surface area contributed by atoms with Gasteiger partial charge in [0.2, 0.25) is 0 Å². The zero-order valence-electron chi connectivity index (χ0n) is 15.7. The molecule has 1 radical (unpaired) electrons. The van der Waals surface area contributed by atoms with Gasteiger partial charge in [0.25, 0.3) is 0 Å². The Hall–Kier alpha value is -2.17. The zero-order chi connectivity index (χ0) is 20.0. The summed E-state index contributed by atoms with van der Waals surface area (Å²) < 4.78 is 0. The molecular weight excluding hydrogens is 404 g/mol. The molecule has 0 aliphatic carbocycles. The molecule has 5 rings (SSSR count). The van der Waals surface area contributed by atoms with Gasteiger partial charge in [-0.1, -0.05) is 35.3 Å². The summed E-state index contributed by atoms with van der Waals surface area (Å²) in [7, 11) is 1.99. The van der Waals surface area contributed by atoms with Gasteiger partial charge in [0.1, 0.15) is 23.6 Å². The van der Waals surface area contributed by atoms with Gasteiger partial charge in [0.15, 0.2) is 0 Å². The molecule has 1 atom stereocenters. The van der Waals surface area contributed by atoms with E-state index in [4.69, 9.17) is 23.2 Å². The number of hydrazine groups is 1. The number of hydrogen-bond acceptors (Lipinski definition) is 5. The van der Waals surface area contributed by atoms with Crippen molar-refractivity contribution in [2.24, 2.45) is 0 Å². The molecule has 29 heavy (non-hydrogen) atoms. The maximum atomic E-state index is 9.87. The number of nitriles is 1. The molecule has 3 aliphatic rings. The Morgan fingerprint density at radius 3 is 2.48 bits per heavy atom. The van der Waals surface area contributed by atoms with Gasteiger partial charge in [-0.15, -0.1) is 0 Å².